The summed E-state index contributed by atoms with van der Waals surface area (Å²) in [6, 6.07) is 27.5. The third-order valence-electron chi connectivity index (χ3n) is 6.37. The number of methoxy groups -OCH3 is 2. The molecule has 6 nitrogen and oxygen atoms in total. The molecule has 0 aromatic heterocycles. The van der Waals surface area contributed by atoms with Gasteiger partial charge in [0.1, 0.15) is 12.1 Å². The van der Waals surface area contributed by atoms with Crippen LogP contribution in [0.1, 0.15) is 30.2 Å². The zero-order valence-corrected chi connectivity index (χ0v) is 18.9. The van der Waals surface area contributed by atoms with Gasteiger partial charge in [-0.2, -0.15) is 0 Å². The second-order valence-electron chi connectivity index (χ2n) is 8.05. The first kappa shape index (κ1) is 22.6. The minimum absolute atomic E-state index is 0.607. The quantitative estimate of drug-likeness (QED) is 0.412. The number of carbonyl (C=O) groups excluding carboxylic acids is 2. The highest BCUT2D eigenvalue weighted by Crippen LogP contribution is 2.56. The molecule has 170 valence electrons. The summed E-state index contributed by atoms with van der Waals surface area (Å²) in [4.78, 5) is 33.9. The van der Waals surface area contributed by atoms with Gasteiger partial charge in [-0.1, -0.05) is 85.8 Å². The summed E-state index contributed by atoms with van der Waals surface area (Å²) in [5.74, 6) is -1.94. The van der Waals surface area contributed by atoms with Crippen LogP contribution in [0.4, 0.5) is 5.69 Å². The van der Waals surface area contributed by atoms with Crippen molar-refractivity contribution in [1.29, 1.82) is 0 Å². The van der Waals surface area contributed by atoms with Crippen LogP contribution in [0.25, 0.3) is 0 Å². The molecule has 3 aromatic carbocycles. The molecule has 0 radical (unpaired) electrons. The number of hydrogen-bond acceptors (Lipinski definition) is 6. The average molecular weight is 446 g/mol. The summed E-state index contributed by atoms with van der Waals surface area (Å²) >= 11 is 0. The third-order valence-corrected chi connectivity index (χ3v) is 6.37. The van der Waals surface area contributed by atoms with Crippen LogP contribution < -0.4 is 5.06 Å². The predicted octanol–water partition coefficient (Wildman–Crippen LogP) is 4.89. The molecule has 3 aromatic rings. The van der Waals surface area contributed by atoms with Crippen molar-refractivity contribution in [2.75, 3.05) is 19.3 Å². The van der Waals surface area contributed by atoms with Gasteiger partial charge in [-0.05, 0) is 23.3 Å². The standard InChI is InChI=1S/C27H27NO5/c1-19-23(20-13-7-4-8-14-20)33-28(22-17-11-6-12-18-22)24(21-15-9-5-10-16-21)27(19,25(29)31-2)26(30)32-3/h4-19,23-24H,1-3H3/t19-,23+,24-/m0/s1. The van der Waals surface area contributed by atoms with E-state index in [-0.39, 0.29) is 0 Å². The van der Waals surface area contributed by atoms with E-state index < -0.39 is 35.4 Å². The summed E-state index contributed by atoms with van der Waals surface area (Å²) in [5, 5.41) is 1.65. The normalized spacial score (nSPS) is 21.8. The second kappa shape index (κ2) is 9.46. The fraction of sp³-hybridized carbons (Fsp3) is 0.259. The van der Waals surface area contributed by atoms with Crippen LogP contribution >= 0.6 is 0 Å². The number of anilines is 1. The van der Waals surface area contributed by atoms with Gasteiger partial charge < -0.3 is 9.47 Å². The summed E-state index contributed by atoms with van der Waals surface area (Å²) < 4.78 is 10.6. The number of ether oxygens (including phenoxy) is 2. The van der Waals surface area contributed by atoms with Crippen molar-refractivity contribution in [2.45, 2.75) is 19.1 Å². The highest BCUT2D eigenvalue weighted by Gasteiger charge is 2.66. The maximum absolute atomic E-state index is 13.6. The number of hydrogen-bond donors (Lipinski definition) is 0. The number of benzene rings is 3. The first-order chi connectivity index (χ1) is 16.1. The monoisotopic (exact) mass is 445 g/mol. The highest BCUT2D eigenvalue weighted by atomic mass is 16.7. The van der Waals surface area contributed by atoms with Crippen LogP contribution in [0, 0.1) is 11.3 Å². The lowest BCUT2D eigenvalue weighted by Gasteiger charge is -2.52. The van der Waals surface area contributed by atoms with Crippen molar-refractivity contribution in [2.24, 2.45) is 11.3 Å². The van der Waals surface area contributed by atoms with Crippen LogP contribution in [0.2, 0.25) is 0 Å². The third kappa shape index (κ3) is 3.76. The summed E-state index contributed by atoms with van der Waals surface area (Å²) in [5.41, 5.74) is 0.584. The van der Waals surface area contributed by atoms with Gasteiger partial charge in [0.25, 0.3) is 0 Å². The molecule has 6 heteroatoms. The Bertz CT molecular complexity index is 1070. The number of esters is 2. The number of rotatable bonds is 5. The summed E-state index contributed by atoms with van der Waals surface area (Å²) in [7, 11) is 2.59. The lowest BCUT2D eigenvalue weighted by Crippen LogP contribution is -2.61. The predicted molar refractivity (Wildman–Crippen MR) is 124 cm³/mol. The van der Waals surface area contributed by atoms with Gasteiger partial charge in [0, 0.05) is 5.92 Å². The molecule has 1 aliphatic heterocycles. The second-order valence-corrected chi connectivity index (χ2v) is 8.05. The molecule has 0 N–H and O–H groups in total. The zero-order chi connectivity index (χ0) is 23.4. The molecule has 1 aliphatic rings. The Labute approximate surface area is 193 Å². The minimum Gasteiger partial charge on any atom is -0.468 e. The Morgan fingerprint density at radius 3 is 1.70 bits per heavy atom. The van der Waals surface area contributed by atoms with Gasteiger partial charge in [-0.15, -0.1) is 0 Å². The van der Waals surface area contributed by atoms with Crippen LogP contribution in [0.5, 0.6) is 0 Å². The van der Waals surface area contributed by atoms with Gasteiger partial charge in [0.15, 0.2) is 5.41 Å². The van der Waals surface area contributed by atoms with Crippen molar-refractivity contribution in [3.8, 4) is 0 Å². The van der Waals surface area contributed by atoms with E-state index in [1.807, 2.05) is 97.9 Å². The maximum Gasteiger partial charge on any atom is 0.326 e. The Morgan fingerprint density at radius 2 is 1.21 bits per heavy atom. The number of para-hydroxylation sites is 1. The average Bonchev–Trinajstić information content (AvgIpc) is 2.89. The Hall–Kier alpha value is -3.64. The molecule has 3 atom stereocenters. The van der Waals surface area contributed by atoms with Crippen molar-refractivity contribution in [3.63, 3.8) is 0 Å². The van der Waals surface area contributed by atoms with Crippen molar-refractivity contribution in [3.05, 3.63) is 102 Å². The van der Waals surface area contributed by atoms with Gasteiger partial charge in [0.2, 0.25) is 0 Å². The van der Waals surface area contributed by atoms with Crippen molar-refractivity contribution < 1.29 is 23.9 Å². The van der Waals surface area contributed by atoms with Crippen molar-refractivity contribution >= 4 is 17.6 Å². The van der Waals surface area contributed by atoms with Crippen LogP contribution in [-0.4, -0.2) is 26.2 Å². The van der Waals surface area contributed by atoms with Crippen LogP contribution in [0.15, 0.2) is 91.0 Å². The molecule has 0 aliphatic carbocycles. The Morgan fingerprint density at radius 1 is 0.758 bits per heavy atom. The molecule has 0 unspecified atom stereocenters. The molecule has 4 rings (SSSR count). The van der Waals surface area contributed by atoms with E-state index in [4.69, 9.17) is 14.3 Å². The van der Waals surface area contributed by atoms with Gasteiger partial charge in [-0.25, -0.2) is 5.06 Å². The molecular weight excluding hydrogens is 418 g/mol. The molecule has 0 amide bonds. The lowest BCUT2D eigenvalue weighted by atomic mass is 9.64. The number of carbonyl (C=O) groups is 2. The van der Waals surface area contributed by atoms with E-state index in [2.05, 4.69) is 0 Å². The smallest absolute Gasteiger partial charge is 0.326 e. The summed E-state index contributed by atoms with van der Waals surface area (Å²) in [6.07, 6.45) is -0.607. The zero-order valence-electron chi connectivity index (χ0n) is 18.9. The largest absolute Gasteiger partial charge is 0.468 e. The molecule has 1 heterocycles. The number of nitrogens with zero attached hydrogens (tertiary/aromatic N) is 1. The fourth-order valence-electron chi connectivity index (χ4n) is 4.77. The minimum atomic E-state index is -1.69. The van der Waals surface area contributed by atoms with Crippen LogP contribution in [0.3, 0.4) is 0 Å². The van der Waals surface area contributed by atoms with E-state index in [0.29, 0.717) is 5.69 Å². The molecule has 0 bridgehead atoms. The number of hydroxylamine groups is 1. The van der Waals surface area contributed by atoms with Gasteiger partial charge in [0.05, 0.1) is 19.9 Å². The highest BCUT2D eigenvalue weighted by molar-refractivity contribution is 6.02. The lowest BCUT2D eigenvalue weighted by molar-refractivity contribution is -0.198. The molecular formula is C27H27NO5. The summed E-state index contributed by atoms with van der Waals surface area (Å²) in [6.45, 7) is 1.84. The van der Waals surface area contributed by atoms with E-state index in [0.717, 1.165) is 11.1 Å². The molecule has 1 fully saturated rings. The first-order valence-corrected chi connectivity index (χ1v) is 10.8. The topological polar surface area (TPSA) is 65.1 Å². The van der Waals surface area contributed by atoms with Gasteiger partial charge >= 0.3 is 11.9 Å². The van der Waals surface area contributed by atoms with E-state index in [9.17, 15) is 9.59 Å². The molecule has 33 heavy (non-hydrogen) atoms. The molecule has 0 spiro atoms. The Kier molecular flexibility index (Phi) is 6.47. The van der Waals surface area contributed by atoms with Crippen molar-refractivity contribution in [1.82, 2.24) is 0 Å². The molecule has 0 saturated carbocycles. The van der Waals surface area contributed by atoms with E-state index in [1.165, 1.54) is 14.2 Å². The maximum atomic E-state index is 13.6. The van der Waals surface area contributed by atoms with E-state index in [1.54, 1.807) is 5.06 Å². The van der Waals surface area contributed by atoms with Crippen LogP contribution in [-0.2, 0) is 23.9 Å². The fourth-order valence-corrected chi connectivity index (χ4v) is 4.77. The first-order valence-electron chi connectivity index (χ1n) is 10.8. The SMILES string of the molecule is COC(=O)C1(C(=O)OC)[C@H](c2ccccc2)N(c2ccccc2)O[C@@H](c2ccccc2)[C@@H]1C. The van der Waals surface area contributed by atoms with Gasteiger partial charge in [-0.3, -0.25) is 14.4 Å². The Balaban J connectivity index is 2.02. The van der Waals surface area contributed by atoms with E-state index >= 15 is 0 Å². The molecule has 1 saturated heterocycles.